The predicted octanol–water partition coefficient (Wildman–Crippen LogP) is 2.84. The summed E-state index contributed by atoms with van der Waals surface area (Å²) < 4.78 is 18.5. The standard InChI is InChI=1S/C15H14FNO2/c1-19-14-8-3-2-5-10(14)9-13(18)11-6-4-7-12(16)15(11)17/h2-8H,9,17H2,1H3. The van der Waals surface area contributed by atoms with Crippen molar-refractivity contribution in [2.45, 2.75) is 6.42 Å². The zero-order valence-corrected chi connectivity index (χ0v) is 10.5. The monoisotopic (exact) mass is 259 g/mol. The Bertz CT molecular complexity index is 611. The van der Waals surface area contributed by atoms with E-state index in [0.717, 1.165) is 5.56 Å². The van der Waals surface area contributed by atoms with Crippen molar-refractivity contribution in [2.75, 3.05) is 12.8 Å². The average Bonchev–Trinajstić information content (AvgIpc) is 2.42. The summed E-state index contributed by atoms with van der Waals surface area (Å²) in [5.74, 6) is -0.182. The number of nitrogens with two attached hydrogens (primary N) is 1. The minimum absolute atomic E-state index is 0.109. The number of nitrogen functional groups attached to an aromatic ring is 1. The van der Waals surface area contributed by atoms with Crippen LogP contribution in [0.15, 0.2) is 42.5 Å². The molecule has 0 heterocycles. The molecule has 3 nitrogen and oxygen atoms in total. The summed E-state index contributed by atoms with van der Waals surface area (Å²) in [5, 5.41) is 0. The largest absolute Gasteiger partial charge is 0.496 e. The van der Waals surface area contributed by atoms with Gasteiger partial charge in [0, 0.05) is 17.5 Å². The fourth-order valence-electron chi connectivity index (χ4n) is 1.90. The van der Waals surface area contributed by atoms with Gasteiger partial charge in [-0.25, -0.2) is 4.39 Å². The van der Waals surface area contributed by atoms with Crippen molar-refractivity contribution in [1.29, 1.82) is 0 Å². The number of ketones is 1. The molecule has 0 spiro atoms. The Hall–Kier alpha value is -2.36. The van der Waals surface area contributed by atoms with E-state index in [0.29, 0.717) is 5.75 Å². The summed E-state index contributed by atoms with van der Waals surface area (Å²) in [6, 6.07) is 11.4. The highest BCUT2D eigenvalue weighted by Gasteiger charge is 2.14. The van der Waals surface area contributed by atoms with E-state index < -0.39 is 5.82 Å². The van der Waals surface area contributed by atoms with E-state index in [9.17, 15) is 9.18 Å². The third-order valence-corrected chi connectivity index (χ3v) is 2.90. The number of ether oxygens (including phenoxy) is 1. The van der Waals surface area contributed by atoms with E-state index in [-0.39, 0.29) is 23.5 Å². The minimum Gasteiger partial charge on any atom is -0.496 e. The van der Waals surface area contributed by atoms with Gasteiger partial charge < -0.3 is 10.5 Å². The predicted molar refractivity (Wildman–Crippen MR) is 71.8 cm³/mol. The number of hydrogen-bond acceptors (Lipinski definition) is 3. The lowest BCUT2D eigenvalue weighted by Crippen LogP contribution is -2.09. The maximum atomic E-state index is 13.3. The van der Waals surface area contributed by atoms with E-state index in [1.54, 1.807) is 19.2 Å². The normalized spacial score (nSPS) is 10.2. The topological polar surface area (TPSA) is 52.3 Å². The van der Waals surface area contributed by atoms with Gasteiger partial charge in [-0.1, -0.05) is 24.3 Å². The number of halogens is 1. The van der Waals surface area contributed by atoms with Gasteiger partial charge in [0.2, 0.25) is 0 Å². The highest BCUT2D eigenvalue weighted by Crippen LogP contribution is 2.22. The number of benzene rings is 2. The molecule has 0 fully saturated rings. The smallest absolute Gasteiger partial charge is 0.169 e. The molecule has 0 bridgehead atoms. The number of carbonyl (C=O) groups excluding carboxylic acids is 1. The lowest BCUT2D eigenvalue weighted by molar-refractivity contribution is 0.0992. The van der Waals surface area contributed by atoms with E-state index in [2.05, 4.69) is 0 Å². The highest BCUT2D eigenvalue weighted by atomic mass is 19.1. The van der Waals surface area contributed by atoms with Gasteiger partial charge in [0.25, 0.3) is 0 Å². The molecule has 0 saturated heterocycles. The van der Waals surface area contributed by atoms with Gasteiger partial charge in [0.15, 0.2) is 5.78 Å². The lowest BCUT2D eigenvalue weighted by atomic mass is 10.0. The van der Waals surface area contributed by atoms with Crippen LogP contribution in [0.4, 0.5) is 10.1 Å². The Morgan fingerprint density at radius 3 is 2.68 bits per heavy atom. The number of carbonyl (C=O) groups is 1. The quantitative estimate of drug-likeness (QED) is 0.678. The Balaban J connectivity index is 2.28. The van der Waals surface area contributed by atoms with Crippen LogP contribution in [-0.4, -0.2) is 12.9 Å². The molecule has 4 heteroatoms. The molecule has 2 aromatic carbocycles. The molecule has 0 amide bonds. The summed E-state index contributed by atoms with van der Waals surface area (Å²) in [6.07, 6.45) is 0.123. The van der Waals surface area contributed by atoms with Gasteiger partial charge in [-0.2, -0.15) is 0 Å². The van der Waals surface area contributed by atoms with Gasteiger partial charge in [-0.3, -0.25) is 4.79 Å². The molecule has 0 aliphatic carbocycles. The van der Waals surface area contributed by atoms with Gasteiger partial charge in [0.1, 0.15) is 11.6 Å². The van der Waals surface area contributed by atoms with Crippen LogP contribution in [0.1, 0.15) is 15.9 Å². The maximum Gasteiger partial charge on any atom is 0.169 e. The Labute approximate surface area is 110 Å². The SMILES string of the molecule is COc1ccccc1CC(=O)c1cccc(F)c1N. The zero-order valence-electron chi connectivity index (χ0n) is 10.5. The lowest BCUT2D eigenvalue weighted by Gasteiger charge is -2.09. The Kier molecular flexibility index (Phi) is 3.80. The molecule has 2 aromatic rings. The first-order valence-corrected chi connectivity index (χ1v) is 5.82. The fourth-order valence-corrected chi connectivity index (χ4v) is 1.90. The van der Waals surface area contributed by atoms with Gasteiger partial charge in [-0.15, -0.1) is 0 Å². The van der Waals surface area contributed by atoms with Gasteiger partial charge >= 0.3 is 0 Å². The first-order chi connectivity index (χ1) is 9.13. The summed E-state index contributed by atoms with van der Waals surface area (Å²) in [4.78, 5) is 12.2. The van der Waals surface area contributed by atoms with Crippen LogP contribution in [0.3, 0.4) is 0 Å². The molecule has 0 aliphatic rings. The van der Waals surface area contributed by atoms with Crippen molar-refractivity contribution in [1.82, 2.24) is 0 Å². The number of hydrogen-bond donors (Lipinski definition) is 1. The third-order valence-electron chi connectivity index (χ3n) is 2.90. The molecule has 0 unspecified atom stereocenters. The van der Waals surface area contributed by atoms with E-state index in [1.807, 2.05) is 12.1 Å². The Morgan fingerprint density at radius 2 is 1.95 bits per heavy atom. The second-order valence-electron chi connectivity index (χ2n) is 4.11. The summed E-state index contributed by atoms with van der Waals surface area (Å²) >= 11 is 0. The molecule has 0 aromatic heterocycles. The molecular formula is C15H14FNO2. The molecule has 0 atom stereocenters. The Morgan fingerprint density at radius 1 is 1.21 bits per heavy atom. The molecule has 2 rings (SSSR count). The first kappa shape index (κ1) is 13.1. The maximum absolute atomic E-state index is 13.3. The van der Waals surface area contributed by atoms with E-state index >= 15 is 0 Å². The van der Waals surface area contributed by atoms with Crippen molar-refractivity contribution >= 4 is 11.5 Å². The number of methoxy groups -OCH3 is 1. The van der Waals surface area contributed by atoms with Crippen molar-refractivity contribution < 1.29 is 13.9 Å². The molecule has 0 radical (unpaired) electrons. The number of para-hydroxylation sites is 2. The van der Waals surface area contributed by atoms with E-state index in [4.69, 9.17) is 10.5 Å². The molecule has 0 aliphatic heterocycles. The number of rotatable bonds is 4. The van der Waals surface area contributed by atoms with Crippen LogP contribution in [-0.2, 0) is 6.42 Å². The van der Waals surface area contributed by atoms with Gasteiger partial charge in [-0.05, 0) is 18.2 Å². The third kappa shape index (κ3) is 2.73. The molecule has 2 N–H and O–H groups in total. The van der Waals surface area contributed by atoms with Crippen LogP contribution in [0.2, 0.25) is 0 Å². The van der Waals surface area contributed by atoms with Crippen LogP contribution >= 0.6 is 0 Å². The van der Waals surface area contributed by atoms with Crippen molar-refractivity contribution in [3.05, 3.63) is 59.4 Å². The van der Waals surface area contributed by atoms with Crippen molar-refractivity contribution in [2.24, 2.45) is 0 Å². The van der Waals surface area contributed by atoms with E-state index in [1.165, 1.54) is 18.2 Å². The zero-order chi connectivity index (χ0) is 13.8. The van der Waals surface area contributed by atoms with Crippen molar-refractivity contribution in [3.63, 3.8) is 0 Å². The minimum atomic E-state index is -0.578. The summed E-state index contributed by atoms with van der Waals surface area (Å²) in [6.45, 7) is 0. The number of Topliss-reactive ketones (excluding diaryl/α,β-unsaturated/α-hetero) is 1. The highest BCUT2D eigenvalue weighted by molar-refractivity contribution is 6.02. The van der Waals surface area contributed by atoms with Gasteiger partial charge in [0.05, 0.1) is 12.8 Å². The average molecular weight is 259 g/mol. The molecule has 19 heavy (non-hydrogen) atoms. The van der Waals surface area contributed by atoms with Crippen LogP contribution in [0.5, 0.6) is 5.75 Å². The second-order valence-corrected chi connectivity index (χ2v) is 4.11. The molecular weight excluding hydrogens is 245 g/mol. The van der Waals surface area contributed by atoms with Crippen LogP contribution < -0.4 is 10.5 Å². The molecule has 98 valence electrons. The van der Waals surface area contributed by atoms with Crippen LogP contribution in [0.25, 0.3) is 0 Å². The summed E-state index contributed by atoms with van der Waals surface area (Å²) in [7, 11) is 1.54. The first-order valence-electron chi connectivity index (χ1n) is 5.82. The summed E-state index contributed by atoms with van der Waals surface area (Å²) in [5.41, 5.74) is 6.42. The molecule has 0 saturated carbocycles. The fraction of sp³-hybridized carbons (Fsp3) is 0.133. The second kappa shape index (κ2) is 5.52. The van der Waals surface area contributed by atoms with Crippen LogP contribution in [0, 0.1) is 5.82 Å². The number of anilines is 1. The van der Waals surface area contributed by atoms with Crippen molar-refractivity contribution in [3.8, 4) is 5.75 Å².